The van der Waals surface area contributed by atoms with Crippen LogP contribution < -0.4 is 9.47 Å². The molecule has 0 fully saturated rings. The summed E-state index contributed by atoms with van der Waals surface area (Å²) in [6.45, 7) is 8.12. The van der Waals surface area contributed by atoms with Crippen molar-refractivity contribution < 1.29 is 18.8 Å². The largest absolute Gasteiger partial charge is 0.489 e. The van der Waals surface area contributed by atoms with Crippen LogP contribution in [0.1, 0.15) is 32.7 Å². The molecule has 0 saturated carbocycles. The van der Waals surface area contributed by atoms with Crippen LogP contribution in [0.3, 0.4) is 0 Å². The van der Waals surface area contributed by atoms with Crippen molar-refractivity contribution in [2.75, 3.05) is 13.2 Å². The molecule has 3 aromatic rings. The van der Waals surface area contributed by atoms with E-state index >= 15 is 0 Å². The molecule has 31 heavy (non-hydrogen) atoms. The molecular weight excluding hydrogens is 524 g/mol. The van der Waals surface area contributed by atoms with Crippen LogP contribution in [0.15, 0.2) is 48.5 Å². The first-order valence-electron chi connectivity index (χ1n) is 9.89. The maximum absolute atomic E-state index is 10.8. The van der Waals surface area contributed by atoms with Gasteiger partial charge in [0.25, 0.3) is 0 Å². The van der Waals surface area contributed by atoms with Gasteiger partial charge >= 0.3 is 0 Å². The Hall–Kier alpha value is -2.02. The minimum atomic E-state index is 0.432. The molecule has 1 unspecified atom stereocenters. The van der Waals surface area contributed by atoms with E-state index in [0.717, 1.165) is 45.5 Å². The standard InChI is InChI=1S/C24H25INO4P/c1-16-13-23(28-11-12-30-31-25)26-18(3)24(16)22-6-4-5-20(17(22)2)15-29-21-9-7-19(14-27)8-10-21/h4-10,13-14,31H,11-12,15H2,1-3H3. The normalized spacial score (nSPS) is 11.1. The summed E-state index contributed by atoms with van der Waals surface area (Å²) in [5, 5.41) is 0. The Bertz CT molecular complexity index is 1020. The molecule has 0 bridgehead atoms. The molecular formula is C24H25INO4P. The van der Waals surface area contributed by atoms with Gasteiger partial charge in [0.2, 0.25) is 5.88 Å². The molecule has 1 atom stereocenters. The second-order valence-corrected chi connectivity index (χ2v) is 8.84. The molecule has 0 amide bonds. The molecule has 0 aliphatic carbocycles. The molecule has 0 spiro atoms. The van der Waals surface area contributed by atoms with Gasteiger partial charge in [-0.15, -0.1) is 0 Å². The highest BCUT2D eigenvalue weighted by Crippen LogP contribution is 2.33. The highest BCUT2D eigenvalue weighted by atomic mass is 127. The van der Waals surface area contributed by atoms with Crippen LogP contribution in [0.25, 0.3) is 11.1 Å². The van der Waals surface area contributed by atoms with E-state index in [9.17, 15) is 4.79 Å². The molecule has 0 N–H and O–H groups in total. The summed E-state index contributed by atoms with van der Waals surface area (Å²) in [4.78, 5) is 15.5. The number of rotatable bonds is 10. The van der Waals surface area contributed by atoms with Crippen LogP contribution in [0.2, 0.25) is 0 Å². The van der Waals surface area contributed by atoms with Crippen LogP contribution in [0, 0.1) is 20.8 Å². The number of hydrogen-bond donors (Lipinski definition) is 0. The maximum Gasteiger partial charge on any atom is 0.213 e. The summed E-state index contributed by atoms with van der Waals surface area (Å²) in [5.74, 6) is 1.35. The smallest absolute Gasteiger partial charge is 0.213 e. The predicted molar refractivity (Wildman–Crippen MR) is 134 cm³/mol. The molecule has 0 aliphatic rings. The zero-order chi connectivity index (χ0) is 22.2. The molecule has 1 aromatic heterocycles. The minimum absolute atomic E-state index is 0.432. The van der Waals surface area contributed by atoms with Crippen molar-refractivity contribution in [3.8, 4) is 22.8 Å². The third kappa shape index (κ3) is 6.25. The SMILES string of the molecule is Cc1cc(OCCOPI)nc(C)c1-c1cccc(COc2ccc(C=O)cc2)c1C. The minimum Gasteiger partial charge on any atom is -0.489 e. The van der Waals surface area contributed by atoms with Crippen LogP contribution in [-0.2, 0) is 11.1 Å². The van der Waals surface area contributed by atoms with Gasteiger partial charge in [-0.25, -0.2) is 4.98 Å². The van der Waals surface area contributed by atoms with Crippen LogP contribution >= 0.6 is 28.5 Å². The fraction of sp³-hybridized carbons (Fsp3) is 0.250. The summed E-state index contributed by atoms with van der Waals surface area (Å²) in [6.07, 6.45) is 0.825. The molecule has 0 aliphatic heterocycles. The lowest BCUT2D eigenvalue weighted by Crippen LogP contribution is -2.06. The summed E-state index contributed by atoms with van der Waals surface area (Å²) in [5.41, 5.74) is 7.20. The van der Waals surface area contributed by atoms with Gasteiger partial charge in [0.1, 0.15) is 25.2 Å². The van der Waals surface area contributed by atoms with Gasteiger partial charge < -0.3 is 14.0 Å². The molecule has 7 heteroatoms. The Labute approximate surface area is 197 Å². The molecule has 0 saturated heterocycles. The highest BCUT2D eigenvalue weighted by Gasteiger charge is 2.14. The van der Waals surface area contributed by atoms with Crippen LogP contribution in [-0.4, -0.2) is 24.5 Å². The van der Waals surface area contributed by atoms with Crippen molar-refractivity contribution in [1.29, 1.82) is 0 Å². The van der Waals surface area contributed by atoms with Crippen LogP contribution in [0.5, 0.6) is 11.6 Å². The fourth-order valence-corrected chi connectivity index (χ4v) is 4.24. The van der Waals surface area contributed by atoms with E-state index in [2.05, 4.69) is 53.0 Å². The van der Waals surface area contributed by atoms with Crippen LogP contribution in [0.4, 0.5) is 0 Å². The van der Waals surface area contributed by atoms with Gasteiger partial charge in [-0.2, -0.15) is 0 Å². The van der Waals surface area contributed by atoms with Gasteiger partial charge in [-0.05, 0) is 89.3 Å². The van der Waals surface area contributed by atoms with Gasteiger partial charge in [-0.1, -0.05) is 18.2 Å². The third-order valence-electron chi connectivity index (χ3n) is 4.99. The van der Waals surface area contributed by atoms with E-state index in [1.807, 2.05) is 31.2 Å². The summed E-state index contributed by atoms with van der Waals surface area (Å²) >= 11 is 2.19. The first kappa shape index (κ1) is 23.6. The van der Waals surface area contributed by atoms with Gasteiger partial charge in [-0.3, -0.25) is 4.79 Å². The molecule has 0 radical (unpaired) electrons. The summed E-state index contributed by atoms with van der Waals surface area (Å²) < 4.78 is 17.0. The average molecular weight is 549 g/mol. The Morgan fingerprint density at radius 3 is 2.48 bits per heavy atom. The first-order chi connectivity index (χ1) is 15.0. The Morgan fingerprint density at radius 1 is 1.03 bits per heavy atom. The maximum atomic E-state index is 10.8. The average Bonchev–Trinajstić information content (AvgIpc) is 2.77. The molecule has 3 rings (SSSR count). The lowest BCUT2D eigenvalue weighted by Gasteiger charge is -2.17. The topological polar surface area (TPSA) is 57.6 Å². The van der Waals surface area contributed by atoms with Crippen molar-refractivity contribution in [3.05, 3.63) is 76.5 Å². The highest BCUT2D eigenvalue weighted by molar-refractivity contribution is 14.2. The number of aromatic nitrogens is 1. The van der Waals surface area contributed by atoms with E-state index in [1.54, 1.807) is 12.1 Å². The van der Waals surface area contributed by atoms with E-state index in [4.69, 9.17) is 14.0 Å². The number of carbonyl (C=O) groups is 1. The molecule has 5 nitrogen and oxygen atoms in total. The molecule has 2 aromatic carbocycles. The van der Waals surface area contributed by atoms with E-state index < -0.39 is 0 Å². The number of hydrogen-bond acceptors (Lipinski definition) is 5. The van der Waals surface area contributed by atoms with E-state index in [-0.39, 0.29) is 0 Å². The summed E-state index contributed by atoms with van der Waals surface area (Å²) in [6, 6.07) is 15.3. The van der Waals surface area contributed by atoms with Crippen molar-refractivity contribution in [2.24, 2.45) is 0 Å². The van der Waals surface area contributed by atoms with E-state index in [1.165, 1.54) is 0 Å². The number of aldehydes is 1. The number of nitrogens with zero attached hydrogens (tertiary/aromatic N) is 1. The number of carbonyl (C=O) groups excluding carboxylic acids is 1. The number of aryl methyl sites for hydroxylation is 2. The molecule has 162 valence electrons. The quantitative estimate of drug-likeness (QED) is 0.127. The van der Waals surface area contributed by atoms with Gasteiger partial charge in [0, 0.05) is 22.9 Å². The predicted octanol–water partition coefficient (Wildman–Crippen LogP) is 6.40. The zero-order valence-electron chi connectivity index (χ0n) is 17.8. The Morgan fingerprint density at radius 2 is 1.81 bits per heavy atom. The second-order valence-electron chi connectivity index (χ2n) is 7.08. The molecule has 1 heterocycles. The lowest BCUT2D eigenvalue weighted by atomic mass is 9.93. The van der Waals surface area contributed by atoms with Crippen molar-refractivity contribution >= 4 is 34.8 Å². The van der Waals surface area contributed by atoms with Crippen molar-refractivity contribution in [1.82, 2.24) is 4.98 Å². The second kappa shape index (κ2) is 11.6. The third-order valence-corrected chi connectivity index (χ3v) is 6.24. The first-order valence-corrected chi connectivity index (χ1v) is 13.9. The Kier molecular flexibility index (Phi) is 8.81. The number of pyridine rings is 1. The van der Waals surface area contributed by atoms with E-state index in [0.29, 0.717) is 37.7 Å². The summed E-state index contributed by atoms with van der Waals surface area (Å²) in [7, 11) is 0. The van der Waals surface area contributed by atoms with Crippen molar-refractivity contribution in [2.45, 2.75) is 27.4 Å². The number of ether oxygens (including phenoxy) is 2. The zero-order valence-corrected chi connectivity index (χ0v) is 20.9. The Balaban J connectivity index is 1.79. The fourth-order valence-electron chi connectivity index (χ4n) is 3.42. The van der Waals surface area contributed by atoms with Gasteiger partial charge in [0.05, 0.1) is 13.1 Å². The van der Waals surface area contributed by atoms with Gasteiger partial charge in [0.15, 0.2) is 0 Å². The number of halogens is 1. The monoisotopic (exact) mass is 549 g/mol. The van der Waals surface area contributed by atoms with Crippen molar-refractivity contribution in [3.63, 3.8) is 0 Å². The lowest BCUT2D eigenvalue weighted by molar-refractivity contribution is 0.112. The number of benzene rings is 2.